The molecule has 1 unspecified atom stereocenters. The maximum absolute atomic E-state index is 11.0. The predicted molar refractivity (Wildman–Crippen MR) is 45.4 cm³/mol. The Labute approximate surface area is 67.7 Å². The van der Waals surface area contributed by atoms with Crippen molar-refractivity contribution in [3.63, 3.8) is 0 Å². The lowest BCUT2D eigenvalue weighted by molar-refractivity contribution is 0.210. The Morgan fingerprint density at radius 1 is 1.73 bits per heavy atom. The second kappa shape index (κ2) is 4.96. The summed E-state index contributed by atoms with van der Waals surface area (Å²) in [5, 5.41) is 2.69. The fraction of sp³-hybridized carbons (Fsp3) is 0.857. The van der Waals surface area contributed by atoms with Crippen LogP contribution in [0.25, 0.3) is 0 Å². The van der Waals surface area contributed by atoms with E-state index in [1.807, 2.05) is 13.8 Å². The Kier molecular flexibility index (Phi) is 4.61. The zero-order chi connectivity index (χ0) is 8.85. The largest absolute Gasteiger partial charge is 0.336 e. The molecule has 4 heteroatoms. The molecule has 3 N–H and O–H groups in total. The third-order valence-electron chi connectivity index (χ3n) is 1.40. The molecule has 4 nitrogen and oxygen atoms in total. The highest BCUT2D eigenvalue weighted by Crippen LogP contribution is 1.82. The molecule has 0 aromatic carbocycles. The second-order valence-corrected chi connectivity index (χ2v) is 2.68. The lowest BCUT2D eigenvalue weighted by Gasteiger charge is -2.16. The normalized spacial score (nSPS) is 12.4. The average molecular weight is 159 g/mol. The molecule has 0 fully saturated rings. The maximum Gasteiger partial charge on any atom is 0.317 e. The first-order chi connectivity index (χ1) is 5.07. The van der Waals surface area contributed by atoms with Crippen LogP contribution >= 0.6 is 0 Å². The number of carbonyl (C=O) groups is 1. The number of carbonyl (C=O) groups excluding carboxylic acids is 1. The number of urea groups is 1. The molecule has 11 heavy (non-hydrogen) atoms. The molecule has 0 bridgehead atoms. The number of nitrogens with one attached hydrogen (secondary N) is 1. The molecule has 0 aromatic rings. The summed E-state index contributed by atoms with van der Waals surface area (Å²) in [4.78, 5) is 12.6. The van der Waals surface area contributed by atoms with E-state index in [9.17, 15) is 4.79 Å². The van der Waals surface area contributed by atoms with Crippen LogP contribution < -0.4 is 11.1 Å². The van der Waals surface area contributed by atoms with E-state index >= 15 is 0 Å². The van der Waals surface area contributed by atoms with Gasteiger partial charge in [0.15, 0.2) is 0 Å². The van der Waals surface area contributed by atoms with Gasteiger partial charge in [-0.2, -0.15) is 0 Å². The molecule has 0 aliphatic carbocycles. The SMILES string of the molecule is CCN(C)C(=O)NCC(C)N. The molecule has 1 atom stereocenters. The highest BCUT2D eigenvalue weighted by Gasteiger charge is 2.04. The van der Waals surface area contributed by atoms with Crippen LogP contribution in [0.1, 0.15) is 13.8 Å². The molecule has 0 aromatic heterocycles. The third kappa shape index (κ3) is 4.61. The number of amides is 2. The lowest BCUT2D eigenvalue weighted by atomic mass is 10.4. The van der Waals surface area contributed by atoms with Crippen molar-refractivity contribution in [1.82, 2.24) is 10.2 Å². The van der Waals surface area contributed by atoms with Crippen molar-refractivity contribution in [3.05, 3.63) is 0 Å². The molecule has 0 saturated carbocycles. The summed E-state index contributed by atoms with van der Waals surface area (Å²) in [6.45, 7) is 5.02. The van der Waals surface area contributed by atoms with Crippen molar-refractivity contribution >= 4 is 6.03 Å². The number of rotatable bonds is 3. The van der Waals surface area contributed by atoms with Crippen LogP contribution in [0, 0.1) is 0 Å². The average Bonchev–Trinajstić information content (AvgIpc) is 1.98. The Bertz CT molecular complexity index is 125. The summed E-state index contributed by atoms with van der Waals surface area (Å²) in [5.74, 6) is 0. The van der Waals surface area contributed by atoms with Gasteiger partial charge >= 0.3 is 6.03 Å². The zero-order valence-electron chi connectivity index (χ0n) is 7.42. The molecule has 0 radical (unpaired) electrons. The Balaban J connectivity index is 3.52. The Morgan fingerprint density at radius 2 is 2.27 bits per heavy atom. The van der Waals surface area contributed by atoms with Crippen molar-refractivity contribution in [1.29, 1.82) is 0 Å². The minimum atomic E-state index is -0.0650. The van der Waals surface area contributed by atoms with E-state index < -0.39 is 0 Å². The number of nitrogens with zero attached hydrogens (tertiary/aromatic N) is 1. The third-order valence-corrected chi connectivity index (χ3v) is 1.40. The van der Waals surface area contributed by atoms with Gasteiger partial charge in [0.2, 0.25) is 0 Å². The molecule has 0 aliphatic heterocycles. The minimum absolute atomic E-state index is 0.0178. The van der Waals surface area contributed by atoms with Gasteiger partial charge in [-0.1, -0.05) is 0 Å². The summed E-state index contributed by atoms with van der Waals surface area (Å²) in [7, 11) is 1.75. The van der Waals surface area contributed by atoms with Gasteiger partial charge in [0, 0.05) is 26.2 Å². The molecule has 0 rings (SSSR count). The van der Waals surface area contributed by atoms with Crippen molar-refractivity contribution in [2.24, 2.45) is 5.73 Å². The summed E-state index contributed by atoms with van der Waals surface area (Å²) < 4.78 is 0. The molecule has 0 aliphatic rings. The van der Waals surface area contributed by atoms with E-state index in [2.05, 4.69) is 5.32 Å². The van der Waals surface area contributed by atoms with Gasteiger partial charge < -0.3 is 16.0 Å². The van der Waals surface area contributed by atoms with E-state index in [4.69, 9.17) is 5.73 Å². The molecule has 0 saturated heterocycles. The van der Waals surface area contributed by atoms with E-state index in [0.717, 1.165) is 0 Å². The minimum Gasteiger partial charge on any atom is -0.336 e. The highest BCUT2D eigenvalue weighted by atomic mass is 16.2. The molecule has 0 heterocycles. The van der Waals surface area contributed by atoms with Crippen LogP contribution in [0.5, 0.6) is 0 Å². The molecule has 66 valence electrons. The van der Waals surface area contributed by atoms with Gasteiger partial charge in [-0.3, -0.25) is 0 Å². The highest BCUT2D eigenvalue weighted by molar-refractivity contribution is 5.73. The first-order valence-electron chi connectivity index (χ1n) is 3.82. The van der Waals surface area contributed by atoms with Gasteiger partial charge in [0.05, 0.1) is 0 Å². The molecular formula is C7H17N3O. The van der Waals surface area contributed by atoms with Crippen molar-refractivity contribution < 1.29 is 4.79 Å². The van der Waals surface area contributed by atoms with Crippen molar-refractivity contribution in [3.8, 4) is 0 Å². The summed E-state index contributed by atoms with van der Waals surface area (Å²) in [6, 6.07) is -0.0472. The summed E-state index contributed by atoms with van der Waals surface area (Å²) >= 11 is 0. The fourth-order valence-corrected chi connectivity index (χ4v) is 0.527. The Hall–Kier alpha value is -0.770. The monoisotopic (exact) mass is 159 g/mol. The van der Waals surface area contributed by atoms with Gasteiger partial charge in [-0.15, -0.1) is 0 Å². The van der Waals surface area contributed by atoms with Gasteiger partial charge in [0.25, 0.3) is 0 Å². The maximum atomic E-state index is 11.0. The van der Waals surface area contributed by atoms with Crippen LogP contribution in [-0.4, -0.2) is 37.1 Å². The van der Waals surface area contributed by atoms with Crippen LogP contribution in [0.3, 0.4) is 0 Å². The molecule has 2 amide bonds. The predicted octanol–water partition coefficient (Wildman–Crippen LogP) is -0.00510. The second-order valence-electron chi connectivity index (χ2n) is 2.68. The van der Waals surface area contributed by atoms with Gasteiger partial charge in [-0.05, 0) is 13.8 Å². The number of hydrogen-bond acceptors (Lipinski definition) is 2. The lowest BCUT2D eigenvalue weighted by Crippen LogP contribution is -2.42. The van der Waals surface area contributed by atoms with Crippen molar-refractivity contribution in [2.75, 3.05) is 20.1 Å². The first-order valence-corrected chi connectivity index (χ1v) is 3.82. The topological polar surface area (TPSA) is 58.4 Å². The van der Waals surface area contributed by atoms with Crippen LogP contribution in [-0.2, 0) is 0 Å². The van der Waals surface area contributed by atoms with Gasteiger partial charge in [-0.25, -0.2) is 4.79 Å². The number of nitrogens with two attached hydrogens (primary N) is 1. The van der Waals surface area contributed by atoms with Crippen LogP contribution in [0.4, 0.5) is 4.79 Å². The summed E-state index contributed by atoms with van der Waals surface area (Å²) in [6.07, 6.45) is 0. The van der Waals surface area contributed by atoms with Gasteiger partial charge in [0.1, 0.15) is 0 Å². The standard InChI is InChI=1S/C7H17N3O/c1-4-10(3)7(11)9-5-6(2)8/h6H,4-5,8H2,1-3H3,(H,9,11). The number of hydrogen-bond donors (Lipinski definition) is 2. The smallest absolute Gasteiger partial charge is 0.317 e. The van der Waals surface area contributed by atoms with E-state index in [1.54, 1.807) is 11.9 Å². The fourth-order valence-electron chi connectivity index (χ4n) is 0.527. The van der Waals surface area contributed by atoms with Crippen LogP contribution in [0.15, 0.2) is 0 Å². The zero-order valence-corrected chi connectivity index (χ0v) is 7.42. The summed E-state index contributed by atoms with van der Waals surface area (Å²) in [5.41, 5.74) is 5.45. The van der Waals surface area contributed by atoms with E-state index in [1.165, 1.54) is 0 Å². The molecule has 0 spiro atoms. The first kappa shape index (κ1) is 10.2. The molecular weight excluding hydrogens is 142 g/mol. The van der Waals surface area contributed by atoms with Crippen LogP contribution in [0.2, 0.25) is 0 Å². The van der Waals surface area contributed by atoms with E-state index in [-0.39, 0.29) is 12.1 Å². The Morgan fingerprint density at radius 3 is 2.64 bits per heavy atom. The van der Waals surface area contributed by atoms with E-state index in [0.29, 0.717) is 13.1 Å². The van der Waals surface area contributed by atoms with Crippen molar-refractivity contribution in [2.45, 2.75) is 19.9 Å². The quantitative estimate of drug-likeness (QED) is 0.608.